The zero-order valence-corrected chi connectivity index (χ0v) is 21.2. The van der Waals surface area contributed by atoms with Crippen LogP contribution < -0.4 is 15.5 Å². The van der Waals surface area contributed by atoms with Crippen molar-refractivity contribution in [3.63, 3.8) is 0 Å². The van der Waals surface area contributed by atoms with Gasteiger partial charge in [0.2, 0.25) is 5.95 Å². The number of aryl methyl sites for hydroxylation is 1. The summed E-state index contributed by atoms with van der Waals surface area (Å²) in [5.74, 6) is -0.121. The fourth-order valence-electron chi connectivity index (χ4n) is 4.22. The molecule has 1 saturated heterocycles. The van der Waals surface area contributed by atoms with E-state index in [-0.39, 0.29) is 6.03 Å². The molecule has 0 aliphatic carbocycles. The molecule has 1 fully saturated rings. The smallest absolute Gasteiger partial charge is 0.321 e. The van der Waals surface area contributed by atoms with Crippen molar-refractivity contribution in [2.75, 3.05) is 29.9 Å². The number of hydrogen-bond donors (Lipinski definition) is 3. The lowest BCUT2D eigenvalue weighted by atomic mass is 9.80. The second kappa shape index (κ2) is 10.6. The molecule has 3 N–H and O–H groups in total. The van der Waals surface area contributed by atoms with Gasteiger partial charge in [-0.05, 0) is 62.8 Å². The number of nitrogens with zero attached hydrogens (tertiary/aromatic N) is 4. The molecular formula is C25H32N6O3S. The Kier molecular flexibility index (Phi) is 7.49. The number of amides is 2. The van der Waals surface area contributed by atoms with E-state index in [9.17, 15) is 14.7 Å². The fourth-order valence-corrected chi connectivity index (χ4v) is 5.21. The number of unbranched alkanes of at least 4 members (excludes halogenated alkanes) is 1. The molecule has 10 heteroatoms. The molecule has 186 valence electrons. The van der Waals surface area contributed by atoms with Gasteiger partial charge in [-0.15, -0.1) is 0 Å². The lowest BCUT2D eigenvalue weighted by Crippen LogP contribution is -2.43. The number of aliphatic carboxylic acids is 1. The van der Waals surface area contributed by atoms with Crippen molar-refractivity contribution in [1.82, 2.24) is 20.3 Å². The van der Waals surface area contributed by atoms with E-state index >= 15 is 0 Å². The molecule has 9 nitrogen and oxygen atoms in total. The first-order chi connectivity index (χ1) is 16.8. The van der Waals surface area contributed by atoms with Crippen molar-refractivity contribution in [2.24, 2.45) is 5.41 Å². The number of nitrogens with one attached hydrogen (secondary N) is 2. The van der Waals surface area contributed by atoms with Crippen LogP contribution in [0, 0.1) is 5.41 Å². The molecule has 2 amide bonds. The highest BCUT2D eigenvalue weighted by Gasteiger charge is 2.37. The summed E-state index contributed by atoms with van der Waals surface area (Å²) in [7, 11) is 0. The molecule has 0 atom stereocenters. The van der Waals surface area contributed by atoms with Gasteiger partial charge in [0, 0.05) is 37.6 Å². The van der Waals surface area contributed by atoms with Crippen molar-refractivity contribution in [3.8, 4) is 11.1 Å². The molecule has 1 aliphatic rings. The monoisotopic (exact) mass is 496 g/mol. The van der Waals surface area contributed by atoms with Crippen LogP contribution in [0.1, 0.15) is 52.0 Å². The lowest BCUT2D eigenvalue weighted by molar-refractivity contribution is -0.149. The van der Waals surface area contributed by atoms with Crippen LogP contribution in [0.3, 0.4) is 0 Å². The van der Waals surface area contributed by atoms with Crippen LogP contribution in [0.5, 0.6) is 0 Å². The van der Waals surface area contributed by atoms with Gasteiger partial charge in [-0.1, -0.05) is 24.7 Å². The minimum Gasteiger partial charge on any atom is -0.481 e. The van der Waals surface area contributed by atoms with Gasteiger partial charge >= 0.3 is 12.0 Å². The molecule has 0 radical (unpaired) electrons. The number of anilines is 2. The number of carbonyl (C=O) groups excluding carboxylic acids is 1. The normalized spacial score (nSPS) is 15.2. The molecule has 35 heavy (non-hydrogen) atoms. The molecule has 1 aromatic carbocycles. The third kappa shape index (κ3) is 5.53. The molecule has 2 aromatic heterocycles. The SMILES string of the molecule is CCCCc1cc(-c2cnc(N3CCC(C)(C(=O)O)CC3)nc2)cc2nc(NC(=O)NCC)sc12. The Hall–Kier alpha value is -3.27. The van der Waals surface area contributed by atoms with Crippen LogP contribution in [0.4, 0.5) is 15.9 Å². The van der Waals surface area contributed by atoms with E-state index in [1.165, 1.54) is 16.9 Å². The predicted octanol–water partition coefficient (Wildman–Crippen LogP) is 4.93. The van der Waals surface area contributed by atoms with E-state index in [1.54, 1.807) is 6.92 Å². The molecule has 0 spiro atoms. The number of fused-ring (bicyclic) bond motifs is 1. The summed E-state index contributed by atoms with van der Waals surface area (Å²) < 4.78 is 1.08. The van der Waals surface area contributed by atoms with Crippen LogP contribution in [0.2, 0.25) is 0 Å². The molecule has 3 heterocycles. The van der Waals surface area contributed by atoms with Crippen molar-refractivity contribution in [3.05, 3.63) is 30.1 Å². The van der Waals surface area contributed by atoms with Crippen molar-refractivity contribution in [2.45, 2.75) is 52.9 Å². The zero-order chi connectivity index (χ0) is 25.0. The summed E-state index contributed by atoms with van der Waals surface area (Å²) in [6.45, 7) is 7.64. The van der Waals surface area contributed by atoms with Gasteiger partial charge in [0.15, 0.2) is 5.13 Å². The first-order valence-corrected chi connectivity index (χ1v) is 12.9. The second-order valence-corrected chi connectivity index (χ2v) is 10.2. The first kappa shape index (κ1) is 24.8. The molecule has 3 aromatic rings. The summed E-state index contributed by atoms with van der Waals surface area (Å²) in [6, 6.07) is 3.93. The van der Waals surface area contributed by atoms with Crippen molar-refractivity contribution >= 4 is 44.6 Å². The topological polar surface area (TPSA) is 120 Å². The first-order valence-electron chi connectivity index (χ1n) is 12.1. The molecule has 0 bridgehead atoms. The van der Waals surface area contributed by atoms with Crippen LogP contribution in [-0.2, 0) is 11.2 Å². The van der Waals surface area contributed by atoms with Crippen LogP contribution >= 0.6 is 11.3 Å². The molecule has 1 aliphatic heterocycles. The zero-order valence-electron chi connectivity index (χ0n) is 20.4. The van der Waals surface area contributed by atoms with E-state index in [0.717, 1.165) is 40.6 Å². The van der Waals surface area contributed by atoms with Gasteiger partial charge in [0.05, 0.1) is 15.6 Å². The largest absolute Gasteiger partial charge is 0.481 e. The number of carboxylic acid groups (broad SMARTS) is 1. The number of carbonyl (C=O) groups is 2. The Balaban J connectivity index is 1.57. The Morgan fingerprint density at radius 2 is 1.86 bits per heavy atom. The average molecular weight is 497 g/mol. The molecule has 0 saturated carbocycles. The standard InChI is InChI=1S/C25H32N6O3S/c1-4-6-7-16-12-17(13-19-20(16)35-24(29-19)30-23(34)26-5-2)18-14-27-22(28-15-18)31-10-8-25(3,9-11-31)21(32)33/h12-15H,4-11H2,1-3H3,(H,32,33)(H2,26,29,30,34). The van der Waals surface area contributed by atoms with E-state index in [4.69, 9.17) is 0 Å². The Bertz CT molecular complexity index is 1200. The average Bonchev–Trinajstić information content (AvgIpc) is 3.25. The van der Waals surface area contributed by atoms with Gasteiger partial charge < -0.3 is 15.3 Å². The Morgan fingerprint density at radius 1 is 1.14 bits per heavy atom. The van der Waals surface area contributed by atoms with Gasteiger partial charge in [0.25, 0.3) is 0 Å². The Labute approximate surface area is 209 Å². The third-order valence-electron chi connectivity index (χ3n) is 6.56. The van der Waals surface area contributed by atoms with Gasteiger partial charge in [-0.3, -0.25) is 10.1 Å². The van der Waals surface area contributed by atoms with Gasteiger partial charge in [-0.25, -0.2) is 19.7 Å². The lowest BCUT2D eigenvalue weighted by Gasteiger charge is -2.36. The number of aromatic nitrogens is 3. The van der Waals surface area contributed by atoms with E-state index < -0.39 is 11.4 Å². The number of carboxylic acids is 1. The number of urea groups is 1. The van der Waals surface area contributed by atoms with E-state index in [2.05, 4.69) is 38.6 Å². The number of hydrogen-bond acceptors (Lipinski definition) is 7. The summed E-state index contributed by atoms with van der Waals surface area (Å²) in [4.78, 5) is 39.4. The van der Waals surface area contributed by atoms with E-state index in [0.29, 0.717) is 43.6 Å². The maximum absolute atomic E-state index is 12.0. The molecule has 4 rings (SSSR count). The summed E-state index contributed by atoms with van der Waals surface area (Å²) in [6.07, 6.45) is 7.86. The Morgan fingerprint density at radius 3 is 2.49 bits per heavy atom. The fraction of sp³-hybridized carbons (Fsp3) is 0.480. The van der Waals surface area contributed by atoms with E-state index in [1.807, 2.05) is 30.3 Å². The highest BCUT2D eigenvalue weighted by molar-refractivity contribution is 7.22. The highest BCUT2D eigenvalue weighted by Crippen LogP contribution is 2.35. The molecular weight excluding hydrogens is 464 g/mol. The van der Waals surface area contributed by atoms with Crippen molar-refractivity contribution < 1.29 is 14.7 Å². The van der Waals surface area contributed by atoms with Gasteiger partial charge in [0.1, 0.15) is 0 Å². The van der Waals surface area contributed by atoms with Crippen LogP contribution in [-0.4, -0.2) is 51.7 Å². The van der Waals surface area contributed by atoms with Crippen LogP contribution in [0.25, 0.3) is 21.3 Å². The number of thiazole rings is 1. The van der Waals surface area contributed by atoms with Crippen molar-refractivity contribution in [1.29, 1.82) is 0 Å². The third-order valence-corrected chi connectivity index (χ3v) is 7.62. The summed E-state index contributed by atoms with van der Waals surface area (Å²) in [5, 5.41) is 15.6. The molecule has 0 unspecified atom stereocenters. The maximum Gasteiger partial charge on any atom is 0.321 e. The minimum atomic E-state index is -0.742. The van der Waals surface area contributed by atoms with Crippen LogP contribution in [0.15, 0.2) is 24.5 Å². The summed E-state index contributed by atoms with van der Waals surface area (Å²) in [5.41, 5.74) is 3.25. The quantitative estimate of drug-likeness (QED) is 0.404. The highest BCUT2D eigenvalue weighted by atomic mass is 32.1. The minimum absolute atomic E-state index is 0.257. The summed E-state index contributed by atoms with van der Waals surface area (Å²) >= 11 is 1.49. The number of piperidine rings is 1. The maximum atomic E-state index is 12.0. The van der Waals surface area contributed by atoms with Gasteiger partial charge in [-0.2, -0.15) is 0 Å². The number of rotatable bonds is 8. The second-order valence-electron chi connectivity index (χ2n) is 9.22. The predicted molar refractivity (Wildman–Crippen MR) is 139 cm³/mol. The number of benzene rings is 1.